The highest BCUT2D eigenvalue weighted by molar-refractivity contribution is 6.17. The molecule has 0 unspecified atom stereocenters. The van der Waals surface area contributed by atoms with Crippen molar-refractivity contribution in [3.8, 4) is 0 Å². The second-order valence-electron chi connectivity index (χ2n) is 3.79. The van der Waals surface area contributed by atoms with Crippen LogP contribution in [0.4, 0.5) is 0 Å². The molecule has 0 aliphatic heterocycles. The van der Waals surface area contributed by atoms with Crippen LogP contribution in [0.5, 0.6) is 0 Å². The molecule has 2 heteroatoms. The molecule has 1 rings (SSSR count). The van der Waals surface area contributed by atoms with Gasteiger partial charge in [0.25, 0.3) is 0 Å². The Morgan fingerprint density at radius 2 is 1.80 bits per heavy atom. The molecule has 0 radical (unpaired) electrons. The van der Waals surface area contributed by atoms with Crippen molar-refractivity contribution < 1.29 is 0 Å². The Kier molecular flexibility index (Phi) is 6.45. The van der Waals surface area contributed by atoms with E-state index >= 15 is 0 Å². The van der Waals surface area contributed by atoms with E-state index in [2.05, 4.69) is 36.5 Å². The van der Waals surface area contributed by atoms with Gasteiger partial charge in [-0.05, 0) is 30.5 Å². The molecule has 0 saturated heterocycles. The van der Waals surface area contributed by atoms with Crippen LogP contribution in [0.2, 0.25) is 0 Å². The molecule has 15 heavy (non-hydrogen) atoms. The molecule has 0 atom stereocenters. The van der Waals surface area contributed by atoms with Gasteiger partial charge in [-0.15, -0.1) is 11.6 Å². The van der Waals surface area contributed by atoms with Gasteiger partial charge in [-0.3, -0.25) is 0 Å². The maximum atomic E-state index is 5.60. The third-order valence-corrected chi connectivity index (χ3v) is 2.65. The number of halogens is 1. The van der Waals surface area contributed by atoms with Crippen LogP contribution in [0.3, 0.4) is 0 Å². The third kappa shape index (κ3) is 5.19. The van der Waals surface area contributed by atoms with Crippen LogP contribution >= 0.6 is 11.6 Å². The van der Waals surface area contributed by atoms with Gasteiger partial charge in [0.2, 0.25) is 0 Å². The maximum Gasteiger partial charge on any atom is 0.0235 e. The number of rotatable bonds is 7. The highest BCUT2D eigenvalue weighted by atomic mass is 35.5. The first-order valence-electron chi connectivity index (χ1n) is 5.71. The van der Waals surface area contributed by atoms with Crippen molar-refractivity contribution in [1.29, 1.82) is 0 Å². The van der Waals surface area contributed by atoms with Crippen LogP contribution in [0.25, 0.3) is 0 Å². The van der Waals surface area contributed by atoms with Crippen molar-refractivity contribution >= 4 is 11.6 Å². The summed E-state index contributed by atoms with van der Waals surface area (Å²) in [5.74, 6) is 0.739. The smallest absolute Gasteiger partial charge is 0.0235 e. The fourth-order valence-electron chi connectivity index (χ4n) is 1.54. The molecule has 0 fully saturated rings. The normalized spacial score (nSPS) is 10.5. The van der Waals surface area contributed by atoms with Crippen molar-refractivity contribution in [2.24, 2.45) is 0 Å². The summed E-state index contributed by atoms with van der Waals surface area (Å²) in [5, 5.41) is 3.37. The standard InChI is InChI=1S/C13H20ClN/c1-2-4-12-5-7-13(8-6-12)11-15-10-3-9-14/h5-8,15H,2-4,9-11H2,1H3. The molecular weight excluding hydrogens is 206 g/mol. The number of hydrogen-bond donors (Lipinski definition) is 1. The zero-order valence-electron chi connectivity index (χ0n) is 9.43. The monoisotopic (exact) mass is 225 g/mol. The second-order valence-corrected chi connectivity index (χ2v) is 4.16. The molecule has 0 amide bonds. The summed E-state index contributed by atoms with van der Waals surface area (Å²) >= 11 is 5.60. The minimum Gasteiger partial charge on any atom is -0.313 e. The lowest BCUT2D eigenvalue weighted by Gasteiger charge is -2.05. The SMILES string of the molecule is CCCc1ccc(CNCCCCl)cc1. The lowest BCUT2D eigenvalue weighted by Crippen LogP contribution is -2.14. The molecular formula is C13H20ClN. The van der Waals surface area contributed by atoms with E-state index in [9.17, 15) is 0 Å². The van der Waals surface area contributed by atoms with Crippen LogP contribution in [0.1, 0.15) is 30.9 Å². The minimum absolute atomic E-state index is 0.739. The van der Waals surface area contributed by atoms with Gasteiger partial charge in [-0.2, -0.15) is 0 Å². The van der Waals surface area contributed by atoms with E-state index < -0.39 is 0 Å². The molecule has 1 aromatic rings. The van der Waals surface area contributed by atoms with Crippen LogP contribution < -0.4 is 5.32 Å². The molecule has 0 heterocycles. The van der Waals surface area contributed by atoms with E-state index in [0.29, 0.717) is 0 Å². The van der Waals surface area contributed by atoms with Gasteiger partial charge in [0.05, 0.1) is 0 Å². The Bertz CT molecular complexity index is 256. The van der Waals surface area contributed by atoms with Crippen molar-refractivity contribution in [3.05, 3.63) is 35.4 Å². The van der Waals surface area contributed by atoms with Crippen molar-refractivity contribution in [3.63, 3.8) is 0 Å². The molecule has 0 aliphatic carbocycles. The molecule has 0 aromatic heterocycles. The molecule has 1 aromatic carbocycles. The Morgan fingerprint density at radius 3 is 2.40 bits per heavy atom. The summed E-state index contributed by atoms with van der Waals surface area (Å²) in [5.41, 5.74) is 2.78. The van der Waals surface area contributed by atoms with E-state index in [4.69, 9.17) is 11.6 Å². The first-order valence-corrected chi connectivity index (χ1v) is 6.24. The average Bonchev–Trinajstić information content (AvgIpc) is 2.27. The van der Waals surface area contributed by atoms with Crippen molar-refractivity contribution in [2.75, 3.05) is 12.4 Å². The van der Waals surface area contributed by atoms with E-state index in [-0.39, 0.29) is 0 Å². The van der Waals surface area contributed by atoms with Gasteiger partial charge < -0.3 is 5.32 Å². The van der Waals surface area contributed by atoms with Crippen LogP contribution in [0, 0.1) is 0 Å². The number of aryl methyl sites for hydroxylation is 1. The predicted molar refractivity (Wildman–Crippen MR) is 67.5 cm³/mol. The first kappa shape index (κ1) is 12.5. The predicted octanol–water partition coefficient (Wildman–Crippen LogP) is 3.36. The summed E-state index contributed by atoms with van der Waals surface area (Å²) in [6.45, 7) is 4.16. The second kappa shape index (κ2) is 7.72. The molecule has 0 spiro atoms. The fourth-order valence-corrected chi connectivity index (χ4v) is 1.67. The molecule has 1 nitrogen and oxygen atoms in total. The Morgan fingerprint density at radius 1 is 1.13 bits per heavy atom. The quantitative estimate of drug-likeness (QED) is 0.554. The van der Waals surface area contributed by atoms with Crippen molar-refractivity contribution in [1.82, 2.24) is 5.32 Å². The Hall–Kier alpha value is -0.530. The molecule has 84 valence electrons. The van der Waals surface area contributed by atoms with Gasteiger partial charge in [0.1, 0.15) is 0 Å². The highest BCUT2D eigenvalue weighted by Crippen LogP contribution is 2.06. The molecule has 1 N–H and O–H groups in total. The summed E-state index contributed by atoms with van der Waals surface area (Å²) in [7, 11) is 0. The topological polar surface area (TPSA) is 12.0 Å². The fraction of sp³-hybridized carbons (Fsp3) is 0.538. The molecule has 0 saturated carbocycles. The molecule has 0 aliphatic rings. The summed E-state index contributed by atoms with van der Waals surface area (Å²) in [6, 6.07) is 8.86. The Labute approximate surface area is 97.8 Å². The Balaban J connectivity index is 2.29. The lowest BCUT2D eigenvalue weighted by atomic mass is 10.1. The zero-order chi connectivity index (χ0) is 10.9. The van der Waals surface area contributed by atoms with Gasteiger partial charge in [0, 0.05) is 12.4 Å². The van der Waals surface area contributed by atoms with Gasteiger partial charge in [0.15, 0.2) is 0 Å². The average molecular weight is 226 g/mol. The summed E-state index contributed by atoms with van der Waals surface area (Å²) in [4.78, 5) is 0. The largest absolute Gasteiger partial charge is 0.313 e. The van der Waals surface area contributed by atoms with Gasteiger partial charge in [-0.25, -0.2) is 0 Å². The number of hydrogen-bond acceptors (Lipinski definition) is 1. The van der Waals surface area contributed by atoms with E-state index in [1.54, 1.807) is 0 Å². The maximum absolute atomic E-state index is 5.60. The van der Waals surface area contributed by atoms with E-state index in [1.807, 2.05) is 0 Å². The highest BCUT2D eigenvalue weighted by Gasteiger charge is 1.94. The summed E-state index contributed by atoms with van der Waals surface area (Å²) in [6.07, 6.45) is 3.43. The van der Waals surface area contributed by atoms with Crippen LogP contribution in [-0.2, 0) is 13.0 Å². The van der Waals surface area contributed by atoms with Gasteiger partial charge >= 0.3 is 0 Å². The van der Waals surface area contributed by atoms with E-state index in [0.717, 1.165) is 25.4 Å². The summed E-state index contributed by atoms with van der Waals surface area (Å²) < 4.78 is 0. The zero-order valence-corrected chi connectivity index (χ0v) is 10.2. The van der Waals surface area contributed by atoms with E-state index in [1.165, 1.54) is 24.0 Å². The number of alkyl halides is 1. The van der Waals surface area contributed by atoms with Crippen LogP contribution in [-0.4, -0.2) is 12.4 Å². The van der Waals surface area contributed by atoms with Crippen molar-refractivity contribution in [2.45, 2.75) is 32.7 Å². The van der Waals surface area contributed by atoms with Crippen LogP contribution in [0.15, 0.2) is 24.3 Å². The third-order valence-electron chi connectivity index (χ3n) is 2.38. The lowest BCUT2D eigenvalue weighted by molar-refractivity contribution is 0.677. The minimum atomic E-state index is 0.739. The first-order chi connectivity index (χ1) is 7.36. The molecule has 0 bridgehead atoms. The number of benzene rings is 1. The number of nitrogens with one attached hydrogen (secondary N) is 1. The van der Waals surface area contributed by atoms with Gasteiger partial charge in [-0.1, -0.05) is 37.6 Å².